The number of para-hydroxylation sites is 2. The van der Waals surface area contributed by atoms with E-state index >= 15 is 0 Å². The molecule has 0 radical (unpaired) electrons. The van der Waals surface area contributed by atoms with Crippen LogP contribution in [0.5, 0.6) is 11.5 Å². The monoisotopic (exact) mass is 408 g/mol. The van der Waals surface area contributed by atoms with Crippen LogP contribution >= 0.6 is 0 Å². The molecule has 0 bridgehead atoms. The Labute approximate surface area is 174 Å². The molecule has 30 heavy (non-hydrogen) atoms. The number of ether oxygens (including phenoxy) is 2. The predicted molar refractivity (Wildman–Crippen MR) is 112 cm³/mol. The first-order chi connectivity index (χ1) is 14.4. The summed E-state index contributed by atoms with van der Waals surface area (Å²) in [6.45, 7) is 5.78. The first kappa shape index (κ1) is 19.8. The van der Waals surface area contributed by atoms with Gasteiger partial charge >= 0.3 is 0 Å². The van der Waals surface area contributed by atoms with Crippen LogP contribution in [-0.4, -0.2) is 28.2 Å². The Morgan fingerprint density at radius 2 is 1.87 bits per heavy atom. The standard InChI is InChI=1S/C22H24N4O4/c1-13(2)22(28)23-14(3)21-25-16-6-4-5-7-17(16)26(21)11-20(27)24-15-8-9-18-19(10-15)30-12-29-18/h4-10,13-14H,11-12H2,1-3H3,(H,23,28)(H,24,27). The number of amides is 2. The van der Waals surface area contributed by atoms with Crippen LogP contribution in [-0.2, 0) is 16.1 Å². The molecule has 2 heterocycles. The molecule has 0 saturated carbocycles. The molecule has 8 heteroatoms. The van der Waals surface area contributed by atoms with Crippen LogP contribution < -0.4 is 20.1 Å². The highest BCUT2D eigenvalue weighted by atomic mass is 16.7. The van der Waals surface area contributed by atoms with Crippen molar-refractivity contribution in [3.05, 3.63) is 48.3 Å². The highest BCUT2D eigenvalue weighted by molar-refractivity contribution is 5.92. The first-order valence-corrected chi connectivity index (χ1v) is 9.87. The van der Waals surface area contributed by atoms with Crippen molar-refractivity contribution in [3.63, 3.8) is 0 Å². The summed E-state index contributed by atoms with van der Waals surface area (Å²) >= 11 is 0. The molecular formula is C22H24N4O4. The lowest BCUT2D eigenvalue weighted by atomic mass is 10.2. The molecule has 0 spiro atoms. The van der Waals surface area contributed by atoms with Gasteiger partial charge in [0.2, 0.25) is 18.6 Å². The molecule has 1 unspecified atom stereocenters. The molecular weight excluding hydrogens is 384 g/mol. The van der Waals surface area contributed by atoms with Crippen LogP contribution in [0.1, 0.15) is 32.6 Å². The van der Waals surface area contributed by atoms with Crippen LogP contribution in [0.2, 0.25) is 0 Å². The van der Waals surface area contributed by atoms with Crippen molar-refractivity contribution in [1.29, 1.82) is 0 Å². The molecule has 1 aliphatic rings. The summed E-state index contributed by atoms with van der Waals surface area (Å²) in [6, 6.07) is 12.5. The quantitative estimate of drug-likeness (QED) is 0.653. The van der Waals surface area contributed by atoms with Crippen molar-refractivity contribution in [3.8, 4) is 11.5 Å². The molecule has 8 nitrogen and oxygen atoms in total. The highest BCUT2D eigenvalue weighted by Crippen LogP contribution is 2.34. The van der Waals surface area contributed by atoms with E-state index < -0.39 is 0 Å². The highest BCUT2D eigenvalue weighted by Gasteiger charge is 2.21. The Kier molecular flexibility index (Phi) is 5.31. The van der Waals surface area contributed by atoms with Gasteiger partial charge in [0.1, 0.15) is 12.4 Å². The smallest absolute Gasteiger partial charge is 0.244 e. The molecule has 0 fully saturated rings. The van der Waals surface area contributed by atoms with Gasteiger partial charge in [-0.25, -0.2) is 4.98 Å². The SMILES string of the molecule is CC(C)C(=O)NC(C)c1nc2ccccc2n1CC(=O)Nc1ccc2c(c1)OCO2. The Morgan fingerprint density at radius 3 is 2.67 bits per heavy atom. The topological polar surface area (TPSA) is 94.5 Å². The number of imidazole rings is 1. The maximum atomic E-state index is 12.8. The first-order valence-electron chi connectivity index (χ1n) is 9.87. The lowest BCUT2D eigenvalue weighted by Crippen LogP contribution is -2.32. The largest absolute Gasteiger partial charge is 0.454 e. The second-order valence-electron chi connectivity index (χ2n) is 7.55. The minimum Gasteiger partial charge on any atom is -0.454 e. The normalized spacial score (nSPS) is 13.5. The number of carbonyl (C=O) groups excluding carboxylic acids is 2. The number of nitrogens with zero attached hydrogens (tertiary/aromatic N) is 2. The van der Waals surface area contributed by atoms with E-state index in [2.05, 4.69) is 15.6 Å². The summed E-state index contributed by atoms with van der Waals surface area (Å²) in [5.74, 6) is 1.48. The van der Waals surface area contributed by atoms with Crippen molar-refractivity contribution in [2.75, 3.05) is 12.1 Å². The molecule has 1 aliphatic heterocycles. The Bertz CT molecular complexity index is 1110. The van der Waals surface area contributed by atoms with E-state index in [1.54, 1.807) is 18.2 Å². The molecule has 1 atom stereocenters. The van der Waals surface area contributed by atoms with Crippen LogP contribution in [0, 0.1) is 5.92 Å². The van der Waals surface area contributed by atoms with E-state index in [9.17, 15) is 9.59 Å². The third kappa shape index (κ3) is 3.94. The van der Waals surface area contributed by atoms with Gasteiger partial charge in [-0.1, -0.05) is 26.0 Å². The van der Waals surface area contributed by atoms with Gasteiger partial charge in [-0.3, -0.25) is 9.59 Å². The number of nitrogens with one attached hydrogen (secondary N) is 2. The van der Waals surface area contributed by atoms with Crippen LogP contribution in [0.4, 0.5) is 5.69 Å². The van der Waals surface area contributed by atoms with E-state index in [4.69, 9.17) is 9.47 Å². The summed E-state index contributed by atoms with van der Waals surface area (Å²) < 4.78 is 12.5. The van der Waals surface area contributed by atoms with Crippen LogP contribution in [0.3, 0.4) is 0 Å². The lowest BCUT2D eigenvalue weighted by molar-refractivity contribution is -0.124. The fourth-order valence-corrected chi connectivity index (χ4v) is 3.35. The van der Waals surface area contributed by atoms with Crippen molar-refractivity contribution in [2.24, 2.45) is 5.92 Å². The second-order valence-corrected chi connectivity index (χ2v) is 7.55. The molecule has 0 saturated heterocycles. The summed E-state index contributed by atoms with van der Waals surface area (Å²) in [4.78, 5) is 29.6. The molecule has 2 amide bonds. The average molecular weight is 408 g/mol. The van der Waals surface area contributed by atoms with Crippen molar-refractivity contribution < 1.29 is 19.1 Å². The van der Waals surface area contributed by atoms with Gasteiger partial charge in [0.25, 0.3) is 0 Å². The molecule has 156 valence electrons. The van der Waals surface area contributed by atoms with Gasteiger partial charge < -0.3 is 24.7 Å². The van der Waals surface area contributed by atoms with E-state index in [-0.39, 0.29) is 37.1 Å². The minimum absolute atomic E-state index is 0.0617. The summed E-state index contributed by atoms with van der Waals surface area (Å²) in [5, 5.41) is 5.85. The summed E-state index contributed by atoms with van der Waals surface area (Å²) in [6.07, 6.45) is 0. The maximum Gasteiger partial charge on any atom is 0.244 e. The second kappa shape index (κ2) is 8.06. The van der Waals surface area contributed by atoms with Crippen molar-refractivity contribution in [1.82, 2.24) is 14.9 Å². The zero-order valence-corrected chi connectivity index (χ0v) is 17.1. The molecule has 1 aromatic heterocycles. The number of fused-ring (bicyclic) bond motifs is 2. The fourth-order valence-electron chi connectivity index (χ4n) is 3.35. The number of anilines is 1. The van der Waals surface area contributed by atoms with E-state index in [0.717, 1.165) is 11.0 Å². The third-order valence-electron chi connectivity index (χ3n) is 4.91. The van der Waals surface area contributed by atoms with Gasteiger partial charge in [-0.15, -0.1) is 0 Å². The molecule has 2 aromatic carbocycles. The number of hydrogen-bond donors (Lipinski definition) is 2. The number of hydrogen-bond acceptors (Lipinski definition) is 5. The minimum atomic E-state index is -0.342. The molecule has 0 aliphatic carbocycles. The Balaban J connectivity index is 1.57. The maximum absolute atomic E-state index is 12.8. The third-order valence-corrected chi connectivity index (χ3v) is 4.91. The molecule has 3 aromatic rings. The number of benzene rings is 2. The Morgan fingerprint density at radius 1 is 1.10 bits per heavy atom. The van der Waals surface area contributed by atoms with Crippen LogP contribution in [0.25, 0.3) is 11.0 Å². The summed E-state index contributed by atoms with van der Waals surface area (Å²) in [7, 11) is 0. The van der Waals surface area contributed by atoms with Gasteiger partial charge in [-0.05, 0) is 31.2 Å². The van der Waals surface area contributed by atoms with Crippen molar-refractivity contribution in [2.45, 2.75) is 33.4 Å². The van der Waals surface area contributed by atoms with Crippen molar-refractivity contribution >= 4 is 28.5 Å². The zero-order valence-electron chi connectivity index (χ0n) is 17.1. The number of rotatable bonds is 6. The van der Waals surface area contributed by atoms with Gasteiger partial charge in [0.15, 0.2) is 11.5 Å². The van der Waals surface area contributed by atoms with Gasteiger partial charge in [0.05, 0.1) is 17.1 Å². The number of aromatic nitrogens is 2. The molecule has 4 rings (SSSR count). The van der Waals surface area contributed by atoms with Gasteiger partial charge in [0, 0.05) is 17.7 Å². The molecule has 2 N–H and O–H groups in total. The number of carbonyl (C=O) groups is 2. The summed E-state index contributed by atoms with van der Waals surface area (Å²) in [5.41, 5.74) is 2.23. The Hall–Kier alpha value is -3.55. The zero-order chi connectivity index (χ0) is 21.3. The van der Waals surface area contributed by atoms with E-state index in [0.29, 0.717) is 23.0 Å². The lowest BCUT2D eigenvalue weighted by Gasteiger charge is -2.17. The fraction of sp³-hybridized carbons (Fsp3) is 0.318. The van der Waals surface area contributed by atoms with Gasteiger partial charge in [-0.2, -0.15) is 0 Å². The van der Waals surface area contributed by atoms with Crippen LogP contribution in [0.15, 0.2) is 42.5 Å². The average Bonchev–Trinajstić information content (AvgIpc) is 3.32. The van der Waals surface area contributed by atoms with E-state index in [1.807, 2.05) is 49.6 Å². The van der Waals surface area contributed by atoms with E-state index in [1.165, 1.54) is 0 Å². The predicted octanol–water partition coefficient (Wildman–Crippen LogP) is 3.24.